The van der Waals surface area contributed by atoms with Gasteiger partial charge in [-0.25, -0.2) is 0 Å². The van der Waals surface area contributed by atoms with E-state index in [1.807, 2.05) is 18.2 Å². The van der Waals surface area contributed by atoms with E-state index in [1.165, 1.54) is 23.8 Å². The first kappa shape index (κ1) is 14.4. The van der Waals surface area contributed by atoms with Crippen molar-refractivity contribution < 1.29 is 15.0 Å². The molecule has 3 rings (SSSR count). The largest absolute Gasteiger partial charge is 0.507 e. The van der Waals surface area contributed by atoms with Gasteiger partial charge >= 0.3 is 0 Å². The van der Waals surface area contributed by atoms with E-state index >= 15 is 0 Å². The maximum atomic E-state index is 12.7. The lowest BCUT2D eigenvalue weighted by Crippen LogP contribution is -2.33. The van der Waals surface area contributed by atoms with Crippen LogP contribution >= 0.6 is 0 Å². The number of rotatable bonds is 2. The number of phenols is 2. The van der Waals surface area contributed by atoms with Crippen LogP contribution in [-0.2, 0) is 6.42 Å². The Morgan fingerprint density at radius 2 is 1.77 bits per heavy atom. The van der Waals surface area contributed by atoms with E-state index in [1.54, 1.807) is 11.9 Å². The average Bonchev–Trinajstić information content (AvgIpc) is 2.53. The summed E-state index contributed by atoms with van der Waals surface area (Å²) in [6.07, 6.45) is 2.93. The lowest BCUT2D eigenvalue weighted by Gasteiger charge is -2.33. The van der Waals surface area contributed by atoms with E-state index in [2.05, 4.69) is 6.07 Å². The maximum Gasteiger partial charge on any atom is 0.261 e. The van der Waals surface area contributed by atoms with Gasteiger partial charge in [0.05, 0.1) is 6.04 Å². The van der Waals surface area contributed by atoms with Gasteiger partial charge in [-0.05, 0) is 42.5 Å². The lowest BCUT2D eigenvalue weighted by atomic mass is 9.87. The number of benzene rings is 2. The Balaban J connectivity index is 1.95. The molecule has 0 fully saturated rings. The molecule has 0 saturated heterocycles. The van der Waals surface area contributed by atoms with Crippen LogP contribution in [0.1, 0.15) is 40.4 Å². The summed E-state index contributed by atoms with van der Waals surface area (Å²) in [7, 11) is 1.72. The van der Waals surface area contributed by atoms with E-state index < -0.39 is 0 Å². The Morgan fingerprint density at radius 3 is 2.50 bits per heavy atom. The SMILES string of the molecule is CN(C(=O)c1c(O)cccc1O)[C@@H]1CCCc2ccccc21. The van der Waals surface area contributed by atoms with Crippen molar-refractivity contribution in [1.82, 2.24) is 4.90 Å². The molecule has 0 bridgehead atoms. The van der Waals surface area contributed by atoms with Gasteiger partial charge in [0.25, 0.3) is 5.91 Å². The van der Waals surface area contributed by atoms with Gasteiger partial charge < -0.3 is 15.1 Å². The molecule has 0 radical (unpaired) electrons. The van der Waals surface area contributed by atoms with Crippen molar-refractivity contribution in [3.8, 4) is 11.5 Å². The van der Waals surface area contributed by atoms with Gasteiger partial charge in [0.15, 0.2) is 0 Å². The van der Waals surface area contributed by atoms with E-state index in [0.29, 0.717) is 0 Å². The van der Waals surface area contributed by atoms with Crippen molar-refractivity contribution in [2.75, 3.05) is 7.05 Å². The molecule has 2 aromatic carbocycles. The van der Waals surface area contributed by atoms with Gasteiger partial charge in [-0.1, -0.05) is 30.3 Å². The molecule has 1 atom stereocenters. The van der Waals surface area contributed by atoms with Crippen molar-refractivity contribution in [3.05, 3.63) is 59.2 Å². The van der Waals surface area contributed by atoms with Crippen LogP contribution in [0, 0.1) is 0 Å². The zero-order valence-electron chi connectivity index (χ0n) is 12.5. The zero-order valence-corrected chi connectivity index (χ0v) is 12.5. The fourth-order valence-electron chi connectivity index (χ4n) is 3.20. The Labute approximate surface area is 129 Å². The Kier molecular flexibility index (Phi) is 3.75. The standard InChI is InChI=1S/C18H19NO3/c1-19(18(22)17-15(20)10-5-11-16(17)21)14-9-4-7-12-6-2-3-8-13(12)14/h2-3,5-6,8,10-11,14,20-21H,4,7,9H2,1H3/t14-/m1/s1. The topological polar surface area (TPSA) is 60.8 Å². The zero-order chi connectivity index (χ0) is 15.7. The fraction of sp³-hybridized carbons (Fsp3) is 0.278. The summed E-state index contributed by atoms with van der Waals surface area (Å²) in [4.78, 5) is 14.3. The number of hydrogen-bond donors (Lipinski definition) is 2. The Bertz CT molecular complexity index is 691. The number of amides is 1. The number of carbonyl (C=O) groups is 1. The van der Waals surface area contributed by atoms with Crippen molar-refractivity contribution in [2.45, 2.75) is 25.3 Å². The molecule has 0 saturated carbocycles. The highest BCUT2D eigenvalue weighted by molar-refractivity contribution is 5.99. The number of phenolic OH excluding ortho intramolecular Hbond substituents is 2. The van der Waals surface area contributed by atoms with E-state index in [9.17, 15) is 15.0 Å². The van der Waals surface area contributed by atoms with Gasteiger partial charge in [-0.3, -0.25) is 4.79 Å². The first-order chi connectivity index (χ1) is 10.6. The van der Waals surface area contributed by atoms with Crippen LogP contribution in [0.15, 0.2) is 42.5 Å². The molecule has 2 N–H and O–H groups in total. The fourth-order valence-corrected chi connectivity index (χ4v) is 3.20. The van der Waals surface area contributed by atoms with Crippen molar-refractivity contribution in [3.63, 3.8) is 0 Å². The highest BCUT2D eigenvalue weighted by Crippen LogP contribution is 2.36. The van der Waals surface area contributed by atoms with E-state index in [-0.39, 0.29) is 29.0 Å². The molecule has 0 unspecified atom stereocenters. The number of carbonyl (C=O) groups excluding carboxylic acids is 1. The molecule has 1 aliphatic rings. The number of hydrogen-bond acceptors (Lipinski definition) is 3. The third-order valence-electron chi connectivity index (χ3n) is 4.36. The predicted octanol–water partition coefficient (Wildman–Crippen LogP) is 3.25. The molecule has 1 amide bonds. The van der Waals surface area contributed by atoms with Crippen LogP contribution < -0.4 is 0 Å². The molecule has 4 heteroatoms. The van der Waals surface area contributed by atoms with Gasteiger partial charge in [0.2, 0.25) is 0 Å². The third kappa shape index (κ3) is 2.41. The molecule has 0 aliphatic heterocycles. The summed E-state index contributed by atoms with van der Waals surface area (Å²) in [5.74, 6) is -0.751. The van der Waals surface area contributed by atoms with Crippen molar-refractivity contribution in [2.24, 2.45) is 0 Å². The van der Waals surface area contributed by atoms with Crippen LogP contribution in [0.5, 0.6) is 11.5 Å². The summed E-state index contributed by atoms with van der Waals surface area (Å²) < 4.78 is 0. The monoisotopic (exact) mass is 297 g/mol. The first-order valence-corrected chi connectivity index (χ1v) is 7.45. The van der Waals surface area contributed by atoms with Crippen LogP contribution in [-0.4, -0.2) is 28.1 Å². The highest BCUT2D eigenvalue weighted by atomic mass is 16.3. The summed E-state index contributed by atoms with van der Waals surface area (Å²) in [6, 6.07) is 12.4. The predicted molar refractivity (Wildman–Crippen MR) is 84.0 cm³/mol. The molecule has 22 heavy (non-hydrogen) atoms. The quantitative estimate of drug-likeness (QED) is 0.894. The molecule has 4 nitrogen and oxygen atoms in total. The van der Waals surface area contributed by atoms with Crippen molar-refractivity contribution in [1.29, 1.82) is 0 Å². The van der Waals surface area contributed by atoms with Crippen LogP contribution in [0.4, 0.5) is 0 Å². The van der Waals surface area contributed by atoms with Crippen molar-refractivity contribution >= 4 is 5.91 Å². The molecule has 2 aromatic rings. The molecule has 1 aliphatic carbocycles. The second kappa shape index (κ2) is 5.72. The van der Waals surface area contributed by atoms with E-state index in [4.69, 9.17) is 0 Å². The normalized spacial score (nSPS) is 16.9. The minimum absolute atomic E-state index is 0.0311. The van der Waals surface area contributed by atoms with Gasteiger partial charge in [0, 0.05) is 7.05 Å². The number of nitrogens with zero attached hydrogens (tertiary/aromatic N) is 1. The first-order valence-electron chi connectivity index (χ1n) is 7.45. The third-order valence-corrected chi connectivity index (χ3v) is 4.36. The summed E-state index contributed by atoms with van der Waals surface area (Å²) in [5.41, 5.74) is 2.38. The number of fused-ring (bicyclic) bond motifs is 1. The van der Waals surface area contributed by atoms with Crippen LogP contribution in [0.25, 0.3) is 0 Å². The molecule has 0 spiro atoms. The Morgan fingerprint density at radius 1 is 1.09 bits per heavy atom. The minimum Gasteiger partial charge on any atom is -0.507 e. The average molecular weight is 297 g/mol. The van der Waals surface area contributed by atoms with Gasteiger partial charge in [-0.2, -0.15) is 0 Å². The summed E-state index contributed by atoms with van der Waals surface area (Å²) in [5, 5.41) is 19.8. The molecule has 0 aromatic heterocycles. The Hall–Kier alpha value is -2.49. The van der Waals surface area contributed by atoms with Crippen LogP contribution in [0.2, 0.25) is 0 Å². The second-order valence-electron chi connectivity index (χ2n) is 5.69. The summed E-state index contributed by atoms with van der Waals surface area (Å²) in [6.45, 7) is 0. The number of aromatic hydroxyl groups is 2. The van der Waals surface area contributed by atoms with Gasteiger partial charge in [-0.15, -0.1) is 0 Å². The molecule has 0 heterocycles. The van der Waals surface area contributed by atoms with E-state index in [0.717, 1.165) is 24.8 Å². The smallest absolute Gasteiger partial charge is 0.261 e. The van der Waals surface area contributed by atoms with Crippen LogP contribution in [0.3, 0.4) is 0 Å². The maximum absolute atomic E-state index is 12.7. The molecular formula is C18H19NO3. The highest BCUT2D eigenvalue weighted by Gasteiger charge is 2.29. The molecular weight excluding hydrogens is 278 g/mol. The molecule has 114 valence electrons. The minimum atomic E-state index is -0.364. The lowest BCUT2D eigenvalue weighted by molar-refractivity contribution is 0.0709. The summed E-state index contributed by atoms with van der Waals surface area (Å²) >= 11 is 0. The van der Waals surface area contributed by atoms with Gasteiger partial charge in [0.1, 0.15) is 17.1 Å². The number of aryl methyl sites for hydroxylation is 1. The second-order valence-corrected chi connectivity index (χ2v) is 5.69.